The van der Waals surface area contributed by atoms with Gasteiger partial charge in [-0.2, -0.15) is 0 Å². The molecule has 0 bridgehead atoms. The molecule has 28 heavy (non-hydrogen) atoms. The number of ether oxygens (including phenoxy) is 3. The van der Waals surface area contributed by atoms with Crippen molar-refractivity contribution in [3.63, 3.8) is 0 Å². The summed E-state index contributed by atoms with van der Waals surface area (Å²) in [7, 11) is 0.892. The molecule has 0 radical (unpaired) electrons. The molecule has 150 valence electrons. The number of rotatable bonds is 4. The summed E-state index contributed by atoms with van der Waals surface area (Å²) < 4.78 is 40.6. The van der Waals surface area contributed by atoms with Crippen molar-refractivity contribution in [3.8, 4) is 28.4 Å². The van der Waals surface area contributed by atoms with Crippen LogP contribution in [-0.2, 0) is 16.3 Å². The zero-order valence-electron chi connectivity index (χ0n) is 16.2. The fraction of sp³-hybridized carbons (Fsp3) is 0.350. The van der Waals surface area contributed by atoms with Crippen LogP contribution < -0.4 is 25.4 Å². The first kappa shape index (κ1) is 20.2. The molecule has 2 N–H and O–H groups in total. The minimum atomic E-state index is -3.66. The summed E-state index contributed by atoms with van der Waals surface area (Å²) in [6.07, 6.45) is 2.12. The Morgan fingerprint density at radius 3 is 2.29 bits per heavy atom. The molecule has 1 unspecified atom stereocenters. The maximum Gasteiger partial charge on any atom is 0.203 e. The van der Waals surface area contributed by atoms with Gasteiger partial charge in [0.05, 0.1) is 21.3 Å². The largest absolute Gasteiger partial charge is 0.493 e. The SMILES string of the molecule is COc1cc2c(c(OC)c1OC)-c1ccc(S(C)(=O)=O)c(=O)cc1CCC2N. The number of nitrogens with two attached hydrogens (primary N) is 1. The Hall–Kier alpha value is -2.58. The van der Waals surface area contributed by atoms with Crippen LogP contribution in [0.4, 0.5) is 0 Å². The molecule has 0 amide bonds. The van der Waals surface area contributed by atoms with Crippen molar-refractivity contribution in [2.45, 2.75) is 23.8 Å². The maximum absolute atomic E-state index is 12.5. The molecular formula is C20H23NO6S. The third-order valence-electron chi connectivity index (χ3n) is 4.95. The zero-order valence-corrected chi connectivity index (χ0v) is 17.1. The molecule has 0 aromatic heterocycles. The van der Waals surface area contributed by atoms with E-state index in [0.717, 1.165) is 11.8 Å². The summed E-state index contributed by atoms with van der Waals surface area (Å²) >= 11 is 0. The van der Waals surface area contributed by atoms with Gasteiger partial charge in [0.2, 0.25) is 5.75 Å². The third-order valence-corrected chi connectivity index (χ3v) is 6.09. The van der Waals surface area contributed by atoms with E-state index in [9.17, 15) is 13.2 Å². The predicted octanol–water partition coefficient (Wildman–Crippen LogP) is 2.09. The van der Waals surface area contributed by atoms with Gasteiger partial charge in [0, 0.05) is 17.9 Å². The quantitative estimate of drug-likeness (QED) is 0.830. The van der Waals surface area contributed by atoms with Gasteiger partial charge < -0.3 is 19.9 Å². The highest BCUT2D eigenvalue weighted by Crippen LogP contribution is 2.50. The first-order valence-electron chi connectivity index (χ1n) is 8.69. The smallest absolute Gasteiger partial charge is 0.203 e. The van der Waals surface area contributed by atoms with E-state index in [1.165, 1.54) is 33.5 Å². The molecule has 2 aromatic rings. The van der Waals surface area contributed by atoms with E-state index in [4.69, 9.17) is 19.9 Å². The summed E-state index contributed by atoms with van der Waals surface area (Å²) in [4.78, 5) is 12.3. The van der Waals surface area contributed by atoms with Crippen molar-refractivity contribution in [2.75, 3.05) is 27.6 Å². The first-order valence-corrected chi connectivity index (χ1v) is 10.6. The molecular weight excluding hydrogens is 382 g/mol. The Morgan fingerprint density at radius 2 is 1.71 bits per heavy atom. The summed E-state index contributed by atoms with van der Waals surface area (Å²) in [6.45, 7) is 0. The normalized spacial score (nSPS) is 15.8. The van der Waals surface area contributed by atoms with Crippen LogP contribution in [0.1, 0.15) is 23.6 Å². The Kier molecular flexibility index (Phi) is 5.36. The van der Waals surface area contributed by atoms with Crippen molar-refractivity contribution < 1.29 is 22.6 Å². The highest BCUT2D eigenvalue weighted by atomic mass is 32.2. The Morgan fingerprint density at radius 1 is 1.04 bits per heavy atom. The van der Waals surface area contributed by atoms with Gasteiger partial charge in [0.1, 0.15) is 4.90 Å². The predicted molar refractivity (Wildman–Crippen MR) is 106 cm³/mol. The Bertz CT molecular complexity index is 1090. The molecule has 1 aliphatic rings. The van der Waals surface area contributed by atoms with Crippen molar-refractivity contribution in [1.29, 1.82) is 0 Å². The second kappa shape index (κ2) is 7.44. The number of hydrogen-bond acceptors (Lipinski definition) is 7. The van der Waals surface area contributed by atoms with Gasteiger partial charge in [-0.05, 0) is 47.7 Å². The van der Waals surface area contributed by atoms with Crippen LogP contribution in [0.25, 0.3) is 11.1 Å². The van der Waals surface area contributed by atoms with Crippen LogP contribution in [0.2, 0.25) is 0 Å². The zero-order chi connectivity index (χ0) is 20.6. The minimum absolute atomic E-state index is 0.245. The molecule has 0 fully saturated rings. The third kappa shape index (κ3) is 3.33. The number of benzene rings is 1. The van der Waals surface area contributed by atoms with Crippen molar-refractivity contribution >= 4 is 9.84 Å². The van der Waals surface area contributed by atoms with Crippen LogP contribution in [0, 0.1) is 0 Å². The lowest BCUT2D eigenvalue weighted by Gasteiger charge is -2.21. The molecule has 0 aliphatic heterocycles. The number of hydrogen-bond donors (Lipinski definition) is 1. The standard InChI is InChI=1S/C20H23NO6S/c1-25-16-10-13-14(21)7-5-11-9-15(22)17(28(4,23)24)8-6-12(11)18(13)20(27-3)19(16)26-2/h6,8-10,14H,5,7,21H2,1-4H3. The molecule has 0 spiro atoms. The fourth-order valence-electron chi connectivity index (χ4n) is 3.62. The van der Waals surface area contributed by atoms with E-state index < -0.39 is 15.3 Å². The molecule has 1 aliphatic carbocycles. The lowest BCUT2D eigenvalue weighted by Crippen LogP contribution is -2.12. The van der Waals surface area contributed by atoms with E-state index in [1.807, 2.05) is 0 Å². The Labute approximate surface area is 164 Å². The molecule has 8 heteroatoms. The van der Waals surface area contributed by atoms with Gasteiger partial charge in [0.25, 0.3) is 0 Å². The molecule has 1 atom stereocenters. The van der Waals surface area contributed by atoms with Crippen LogP contribution in [0.15, 0.2) is 34.0 Å². The van der Waals surface area contributed by atoms with E-state index in [0.29, 0.717) is 46.8 Å². The summed E-state index contributed by atoms with van der Waals surface area (Å²) in [5.41, 5.74) is 8.72. The van der Waals surface area contributed by atoms with E-state index in [-0.39, 0.29) is 10.9 Å². The molecule has 7 nitrogen and oxygen atoms in total. The molecule has 3 rings (SSSR count). The first-order chi connectivity index (χ1) is 13.2. The van der Waals surface area contributed by atoms with Gasteiger partial charge in [-0.3, -0.25) is 4.79 Å². The van der Waals surface area contributed by atoms with E-state index in [1.54, 1.807) is 12.1 Å². The van der Waals surface area contributed by atoms with Crippen molar-refractivity contribution in [3.05, 3.63) is 45.6 Å². The molecule has 2 aromatic carbocycles. The fourth-order valence-corrected chi connectivity index (χ4v) is 4.36. The number of sulfone groups is 1. The number of aryl methyl sites for hydroxylation is 1. The lowest BCUT2D eigenvalue weighted by atomic mass is 9.94. The minimum Gasteiger partial charge on any atom is -0.493 e. The van der Waals surface area contributed by atoms with E-state index in [2.05, 4.69) is 0 Å². The average Bonchev–Trinajstić information content (AvgIpc) is 2.88. The van der Waals surface area contributed by atoms with Gasteiger partial charge in [-0.15, -0.1) is 0 Å². The second-order valence-electron chi connectivity index (χ2n) is 6.67. The highest BCUT2D eigenvalue weighted by molar-refractivity contribution is 7.90. The van der Waals surface area contributed by atoms with Gasteiger partial charge in [-0.25, -0.2) is 8.42 Å². The van der Waals surface area contributed by atoms with Gasteiger partial charge >= 0.3 is 0 Å². The molecule has 0 saturated heterocycles. The molecule has 0 saturated carbocycles. The van der Waals surface area contributed by atoms with Crippen LogP contribution in [-0.4, -0.2) is 36.0 Å². The molecule has 0 heterocycles. The van der Waals surface area contributed by atoms with Gasteiger partial charge in [0.15, 0.2) is 26.8 Å². The van der Waals surface area contributed by atoms with Gasteiger partial charge in [-0.1, -0.05) is 6.07 Å². The maximum atomic E-state index is 12.5. The van der Waals surface area contributed by atoms with Crippen LogP contribution in [0.5, 0.6) is 17.2 Å². The second-order valence-corrected chi connectivity index (χ2v) is 8.66. The lowest BCUT2D eigenvalue weighted by molar-refractivity contribution is 0.324. The van der Waals surface area contributed by atoms with Crippen LogP contribution in [0.3, 0.4) is 0 Å². The average molecular weight is 405 g/mol. The number of methoxy groups -OCH3 is 3. The highest BCUT2D eigenvalue weighted by Gasteiger charge is 2.28. The van der Waals surface area contributed by atoms with E-state index >= 15 is 0 Å². The summed E-state index contributed by atoms with van der Waals surface area (Å²) in [6, 6.07) is 5.85. The Balaban J connectivity index is 2.47. The number of fused-ring (bicyclic) bond motifs is 3. The van der Waals surface area contributed by atoms with Crippen molar-refractivity contribution in [2.24, 2.45) is 5.73 Å². The monoisotopic (exact) mass is 405 g/mol. The van der Waals surface area contributed by atoms with Crippen molar-refractivity contribution in [1.82, 2.24) is 0 Å². The topological polar surface area (TPSA) is 105 Å². The van der Waals surface area contributed by atoms with Crippen LogP contribution >= 0.6 is 0 Å². The summed E-state index contributed by atoms with van der Waals surface area (Å²) in [5, 5.41) is 0. The summed E-state index contributed by atoms with van der Waals surface area (Å²) in [5.74, 6) is 1.31.